The quantitative estimate of drug-likeness (QED) is 0.0245. The van der Waals surface area contributed by atoms with Crippen LogP contribution in [0.5, 0.6) is 0 Å². The van der Waals surface area contributed by atoms with Crippen LogP contribution in [0.4, 0.5) is 0 Å². The van der Waals surface area contributed by atoms with E-state index in [1.54, 1.807) is 0 Å². The summed E-state index contributed by atoms with van der Waals surface area (Å²) >= 11 is 1.24. The van der Waals surface area contributed by atoms with E-state index in [-0.39, 0.29) is 61.6 Å². The summed E-state index contributed by atoms with van der Waals surface area (Å²) in [6.07, 6.45) is 42.3. The second kappa shape index (κ2) is 55.0. The number of carbonyl (C=O) groups excluding carboxylic acids is 6. The number of unbranched alkanes of at least 4 members (excludes halogenated alkanes) is 34. The zero-order chi connectivity index (χ0) is 57.5. The van der Waals surface area contributed by atoms with Crippen LogP contribution in [0.1, 0.15) is 290 Å². The summed E-state index contributed by atoms with van der Waals surface area (Å²) in [5, 5.41) is 28.1. The molecule has 0 heterocycles. The zero-order valence-electron chi connectivity index (χ0n) is 49.4. The predicted octanol–water partition coefficient (Wildman–Crippen LogP) is 13.0. The third kappa shape index (κ3) is 50.3. The molecule has 0 aliphatic carbocycles. The molecule has 0 saturated heterocycles. The van der Waals surface area contributed by atoms with E-state index >= 15 is 0 Å². The Morgan fingerprint density at radius 2 is 0.769 bits per heavy atom. The van der Waals surface area contributed by atoms with Gasteiger partial charge in [0.25, 0.3) is 0 Å². The number of carboxylic acid groups (broad SMARTS) is 2. The van der Waals surface area contributed by atoms with Crippen molar-refractivity contribution >= 4 is 59.3 Å². The fourth-order valence-electron chi connectivity index (χ4n) is 9.21. The Labute approximate surface area is 476 Å². The third-order valence-corrected chi connectivity index (χ3v) is 15.3. The monoisotopic (exact) mass is 1120 g/mol. The maximum absolute atomic E-state index is 13.6. The summed E-state index contributed by atoms with van der Waals surface area (Å²) in [4.78, 5) is 100. The van der Waals surface area contributed by atoms with Gasteiger partial charge in [0, 0.05) is 37.2 Å². The van der Waals surface area contributed by atoms with Gasteiger partial charge in [0.1, 0.15) is 24.8 Å². The van der Waals surface area contributed by atoms with E-state index in [0.29, 0.717) is 12.8 Å². The van der Waals surface area contributed by atoms with Gasteiger partial charge in [-0.2, -0.15) is 11.8 Å². The Kier molecular flexibility index (Phi) is 52.3. The number of rotatable bonds is 58. The molecule has 0 aliphatic rings. The van der Waals surface area contributed by atoms with Gasteiger partial charge in [-0.1, -0.05) is 239 Å². The number of thioether (sulfide) groups is 1. The Bertz CT molecular complexity index is 1550. The van der Waals surface area contributed by atoms with Crippen molar-refractivity contribution in [3.63, 3.8) is 0 Å². The Hall–Kier alpha value is -3.89. The van der Waals surface area contributed by atoms with Crippen LogP contribution in [0.25, 0.3) is 0 Å². The van der Waals surface area contributed by atoms with Crippen LogP contribution < -0.4 is 21.3 Å². The number of esters is 2. The maximum Gasteiger partial charge on any atom is 0.326 e. The molecule has 0 aliphatic heterocycles. The maximum atomic E-state index is 13.6. The molecule has 0 bridgehead atoms. The molecule has 3 atom stereocenters. The minimum absolute atomic E-state index is 0.0482. The van der Waals surface area contributed by atoms with Gasteiger partial charge in [0.05, 0.1) is 13.1 Å². The summed E-state index contributed by atoms with van der Waals surface area (Å²) in [6, 6.07) is -2.55. The van der Waals surface area contributed by atoms with Crippen molar-refractivity contribution in [3.05, 3.63) is 0 Å². The van der Waals surface area contributed by atoms with Crippen LogP contribution >= 0.6 is 11.8 Å². The van der Waals surface area contributed by atoms with Crippen molar-refractivity contribution in [1.82, 2.24) is 21.3 Å². The number of carbonyl (C=O) groups is 8. The lowest BCUT2D eigenvalue weighted by molar-refractivity contribution is -0.157. The summed E-state index contributed by atoms with van der Waals surface area (Å²) in [7, 11) is 0. The fourth-order valence-corrected chi connectivity index (χ4v) is 10.2. The third-order valence-electron chi connectivity index (χ3n) is 14.1. The van der Waals surface area contributed by atoms with Crippen molar-refractivity contribution in [2.24, 2.45) is 0 Å². The lowest BCUT2D eigenvalue weighted by Gasteiger charge is -2.21. The molecule has 16 nitrogen and oxygen atoms in total. The van der Waals surface area contributed by atoms with Crippen molar-refractivity contribution in [2.75, 3.05) is 31.2 Å². The van der Waals surface area contributed by atoms with Gasteiger partial charge in [0.15, 0.2) is 0 Å². The van der Waals surface area contributed by atoms with Crippen LogP contribution in [0, 0.1) is 0 Å². The molecule has 78 heavy (non-hydrogen) atoms. The van der Waals surface area contributed by atoms with Crippen molar-refractivity contribution in [3.8, 4) is 0 Å². The van der Waals surface area contributed by atoms with E-state index in [0.717, 1.165) is 64.2 Å². The molecule has 0 radical (unpaired) electrons. The molecule has 0 aromatic rings. The average molecular weight is 1130 g/mol. The van der Waals surface area contributed by atoms with Gasteiger partial charge in [-0.05, 0) is 25.7 Å². The van der Waals surface area contributed by atoms with Gasteiger partial charge in [-0.25, -0.2) is 4.79 Å². The van der Waals surface area contributed by atoms with E-state index in [2.05, 4.69) is 42.0 Å². The van der Waals surface area contributed by atoms with E-state index in [1.165, 1.54) is 172 Å². The second-order valence-electron chi connectivity index (χ2n) is 21.6. The van der Waals surface area contributed by atoms with Crippen molar-refractivity contribution in [2.45, 2.75) is 309 Å². The van der Waals surface area contributed by atoms with Gasteiger partial charge in [0.2, 0.25) is 23.6 Å². The fraction of sp³-hybridized carbons (Fsp3) is 0.869. The number of nitrogens with one attached hydrogen (secondary N) is 4. The van der Waals surface area contributed by atoms with Crippen LogP contribution in [-0.4, -0.2) is 107 Å². The molecule has 0 aromatic carbocycles. The molecule has 1 unspecified atom stereocenters. The molecule has 4 amide bonds. The van der Waals surface area contributed by atoms with E-state index in [1.807, 2.05) is 0 Å². The van der Waals surface area contributed by atoms with E-state index in [9.17, 15) is 43.5 Å². The largest absolute Gasteiger partial charge is 0.481 e. The highest BCUT2D eigenvalue weighted by atomic mass is 32.2. The average Bonchev–Trinajstić information content (AvgIpc) is 3.41. The van der Waals surface area contributed by atoms with Gasteiger partial charge in [-0.15, -0.1) is 0 Å². The molecule has 0 rings (SSSR count). The van der Waals surface area contributed by atoms with Gasteiger partial charge >= 0.3 is 23.9 Å². The van der Waals surface area contributed by atoms with Crippen LogP contribution in [0.15, 0.2) is 0 Å². The molecule has 17 heteroatoms. The van der Waals surface area contributed by atoms with E-state index < -0.39 is 67.4 Å². The molecule has 0 spiro atoms. The van der Waals surface area contributed by atoms with Gasteiger partial charge in [-0.3, -0.25) is 33.6 Å². The topological polar surface area (TPSA) is 244 Å². The molecule has 454 valence electrons. The summed E-state index contributed by atoms with van der Waals surface area (Å²) in [5.74, 6) is -5.77. The first-order valence-corrected chi connectivity index (χ1v) is 32.5. The molecule has 0 saturated carbocycles. The molecule has 0 aromatic heterocycles. The molecular weight excluding hydrogens is 1010 g/mol. The van der Waals surface area contributed by atoms with Gasteiger partial charge < -0.3 is 41.0 Å². The standard InChI is InChI=1S/C61H112N4O12S/c1-4-7-10-13-16-19-22-24-27-30-33-36-39-42-58(71)76-48-51(77-59(72)43-40-37-34-31-28-25-23-20-17-14-11-8-5-2)49-78-50-53(65-54(66)41-38-35-32-29-26-21-18-15-12-9-6-3)60(73)63-46-55(67)62-47-56(68)64-52(61(74)75)44-45-57(69)70/h51-53H,4-50H2,1-3H3,(H,62,67)(H,63,73)(H,64,68)(H,65,66)(H,69,70)(H,74,75)/t51-,52?,53+/m1/s1. The number of carboxylic acids is 2. The first-order chi connectivity index (χ1) is 37.8. The van der Waals surface area contributed by atoms with Crippen LogP contribution in [-0.2, 0) is 47.8 Å². The van der Waals surface area contributed by atoms with Crippen LogP contribution in [0.2, 0.25) is 0 Å². The summed E-state index contributed by atoms with van der Waals surface area (Å²) in [5.41, 5.74) is 0. The Balaban J connectivity index is 5.50. The summed E-state index contributed by atoms with van der Waals surface area (Å²) in [6.45, 7) is 5.37. The zero-order valence-corrected chi connectivity index (χ0v) is 50.2. The second-order valence-corrected chi connectivity index (χ2v) is 22.7. The summed E-state index contributed by atoms with van der Waals surface area (Å²) < 4.78 is 11.6. The Morgan fingerprint density at radius 1 is 0.397 bits per heavy atom. The number of aliphatic carboxylic acids is 2. The number of hydrogen-bond donors (Lipinski definition) is 6. The number of amides is 4. The smallest absolute Gasteiger partial charge is 0.326 e. The lowest BCUT2D eigenvalue weighted by Crippen LogP contribution is -2.51. The minimum atomic E-state index is -1.47. The lowest BCUT2D eigenvalue weighted by atomic mass is 10.0. The Morgan fingerprint density at radius 3 is 1.18 bits per heavy atom. The number of hydrogen-bond acceptors (Lipinski definition) is 11. The first-order valence-electron chi connectivity index (χ1n) is 31.3. The molecular formula is C61H112N4O12S. The molecule has 0 fully saturated rings. The highest BCUT2D eigenvalue weighted by Gasteiger charge is 2.25. The normalized spacial score (nSPS) is 12.3. The van der Waals surface area contributed by atoms with Crippen LogP contribution in [0.3, 0.4) is 0 Å². The SMILES string of the molecule is CCCCCCCCCCCCCCCC(=O)OC[C@H](CSC[C@H](NC(=O)CCCCCCCCCCCCC)C(=O)NCC(=O)NCC(=O)NC(CCC(=O)O)C(=O)O)OC(=O)CCCCCCCCCCCCCCC. The highest BCUT2D eigenvalue weighted by Crippen LogP contribution is 2.18. The van der Waals surface area contributed by atoms with Crippen molar-refractivity contribution < 1.29 is 58.0 Å². The highest BCUT2D eigenvalue weighted by molar-refractivity contribution is 7.99. The predicted molar refractivity (Wildman–Crippen MR) is 314 cm³/mol. The van der Waals surface area contributed by atoms with E-state index in [4.69, 9.17) is 14.6 Å². The van der Waals surface area contributed by atoms with Crippen molar-refractivity contribution in [1.29, 1.82) is 0 Å². The minimum Gasteiger partial charge on any atom is -0.481 e. The number of ether oxygens (including phenoxy) is 2. The molecule has 6 N–H and O–H groups in total. The first kappa shape index (κ1) is 74.1.